The molecule has 0 aliphatic rings. The molecule has 0 saturated heterocycles. The molecule has 2 rings (SSSR count). The van der Waals surface area contributed by atoms with Crippen molar-refractivity contribution in [2.75, 3.05) is 5.32 Å². The molecule has 1 aromatic carbocycles. The summed E-state index contributed by atoms with van der Waals surface area (Å²) >= 11 is 1.58. The van der Waals surface area contributed by atoms with Gasteiger partial charge in [0.2, 0.25) is 0 Å². The highest BCUT2D eigenvalue weighted by atomic mass is 32.1. The summed E-state index contributed by atoms with van der Waals surface area (Å²) in [5.41, 5.74) is 2.50. The number of anilines is 1. The number of rotatable bonds is 6. The van der Waals surface area contributed by atoms with E-state index in [4.69, 9.17) is 5.11 Å². The van der Waals surface area contributed by atoms with Gasteiger partial charge in [-0.2, -0.15) is 11.3 Å². The van der Waals surface area contributed by atoms with Crippen LogP contribution in [0.3, 0.4) is 0 Å². The zero-order valence-corrected chi connectivity index (χ0v) is 12.2. The van der Waals surface area contributed by atoms with Crippen molar-refractivity contribution >= 4 is 29.0 Å². The molecule has 2 amide bonds. The SMILES string of the molecule is O=C(O)CCc1ccccc1NC(=O)NCc1ccsc1. The third-order valence-corrected chi connectivity index (χ3v) is 3.64. The molecule has 0 bridgehead atoms. The molecule has 0 saturated carbocycles. The Morgan fingerprint density at radius 1 is 1.19 bits per heavy atom. The van der Waals surface area contributed by atoms with Crippen LogP contribution < -0.4 is 10.6 Å². The summed E-state index contributed by atoms with van der Waals surface area (Å²) in [6.07, 6.45) is 0.422. The molecule has 110 valence electrons. The molecule has 2 aromatic rings. The van der Waals surface area contributed by atoms with Gasteiger partial charge in [-0.05, 0) is 40.4 Å². The number of para-hydroxylation sites is 1. The van der Waals surface area contributed by atoms with E-state index in [1.807, 2.05) is 29.0 Å². The highest BCUT2D eigenvalue weighted by Crippen LogP contribution is 2.16. The van der Waals surface area contributed by atoms with Crippen molar-refractivity contribution in [3.05, 3.63) is 52.2 Å². The first-order valence-electron chi connectivity index (χ1n) is 6.51. The molecule has 21 heavy (non-hydrogen) atoms. The quantitative estimate of drug-likeness (QED) is 0.767. The summed E-state index contributed by atoms with van der Waals surface area (Å²) < 4.78 is 0. The number of thiophene rings is 1. The minimum absolute atomic E-state index is 0.0369. The van der Waals surface area contributed by atoms with Crippen LogP contribution >= 0.6 is 11.3 Å². The molecule has 0 aliphatic heterocycles. The molecule has 6 heteroatoms. The largest absolute Gasteiger partial charge is 0.481 e. The molecular weight excluding hydrogens is 288 g/mol. The van der Waals surface area contributed by atoms with Gasteiger partial charge in [-0.3, -0.25) is 4.79 Å². The predicted octanol–water partition coefficient (Wildman–Crippen LogP) is 3.09. The summed E-state index contributed by atoms with van der Waals surface area (Å²) in [4.78, 5) is 22.5. The van der Waals surface area contributed by atoms with Crippen molar-refractivity contribution in [1.29, 1.82) is 0 Å². The van der Waals surface area contributed by atoms with Gasteiger partial charge in [-0.1, -0.05) is 18.2 Å². The maximum atomic E-state index is 11.9. The first kappa shape index (κ1) is 15.1. The number of carboxylic acids is 1. The molecule has 0 unspecified atom stereocenters. The number of hydrogen-bond donors (Lipinski definition) is 3. The Balaban J connectivity index is 1.92. The van der Waals surface area contributed by atoms with Crippen LogP contribution in [0.5, 0.6) is 0 Å². The Hall–Kier alpha value is -2.34. The van der Waals surface area contributed by atoms with E-state index in [1.54, 1.807) is 23.5 Å². The van der Waals surface area contributed by atoms with Crippen molar-refractivity contribution in [3.63, 3.8) is 0 Å². The standard InChI is InChI=1S/C15H16N2O3S/c18-14(19)6-5-12-3-1-2-4-13(12)17-15(20)16-9-11-7-8-21-10-11/h1-4,7-8,10H,5-6,9H2,(H,18,19)(H2,16,17,20). The lowest BCUT2D eigenvalue weighted by molar-refractivity contribution is -0.136. The molecule has 0 spiro atoms. The van der Waals surface area contributed by atoms with Crippen LogP contribution in [0, 0.1) is 0 Å². The van der Waals surface area contributed by atoms with Crippen molar-refractivity contribution in [1.82, 2.24) is 5.32 Å². The first-order chi connectivity index (χ1) is 10.1. The minimum atomic E-state index is -0.855. The van der Waals surface area contributed by atoms with E-state index in [-0.39, 0.29) is 12.5 Å². The monoisotopic (exact) mass is 304 g/mol. The summed E-state index contributed by atoms with van der Waals surface area (Å²) in [5.74, 6) is -0.855. The third-order valence-electron chi connectivity index (χ3n) is 2.91. The first-order valence-corrected chi connectivity index (χ1v) is 7.45. The Morgan fingerprint density at radius 3 is 2.71 bits per heavy atom. The summed E-state index contributed by atoms with van der Waals surface area (Å²) in [6.45, 7) is 0.465. The number of carboxylic acid groups (broad SMARTS) is 1. The predicted molar refractivity (Wildman–Crippen MR) is 82.6 cm³/mol. The number of aryl methyl sites for hydroxylation is 1. The van der Waals surface area contributed by atoms with Crippen LogP contribution in [0.25, 0.3) is 0 Å². The van der Waals surface area contributed by atoms with Crippen LogP contribution in [0.2, 0.25) is 0 Å². The van der Waals surface area contributed by atoms with E-state index in [2.05, 4.69) is 10.6 Å². The van der Waals surface area contributed by atoms with Gasteiger partial charge in [0, 0.05) is 18.7 Å². The van der Waals surface area contributed by atoms with Gasteiger partial charge in [0.1, 0.15) is 0 Å². The second-order valence-electron chi connectivity index (χ2n) is 4.49. The lowest BCUT2D eigenvalue weighted by atomic mass is 10.1. The van der Waals surface area contributed by atoms with E-state index in [9.17, 15) is 9.59 Å². The summed E-state index contributed by atoms with van der Waals surface area (Å²) in [7, 11) is 0. The van der Waals surface area contributed by atoms with Crippen molar-refractivity contribution in [3.8, 4) is 0 Å². The van der Waals surface area contributed by atoms with Gasteiger partial charge in [0.15, 0.2) is 0 Å². The number of benzene rings is 1. The second-order valence-corrected chi connectivity index (χ2v) is 5.27. The average Bonchev–Trinajstić information content (AvgIpc) is 2.97. The number of nitrogens with one attached hydrogen (secondary N) is 2. The Labute approximate surface area is 126 Å². The van der Waals surface area contributed by atoms with Gasteiger partial charge < -0.3 is 15.7 Å². The summed E-state index contributed by atoms with van der Waals surface area (Å²) in [6, 6.07) is 8.86. The van der Waals surface area contributed by atoms with E-state index < -0.39 is 5.97 Å². The van der Waals surface area contributed by atoms with Crippen LogP contribution in [-0.4, -0.2) is 17.1 Å². The highest BCUT2D eigenvalue weighted by molar-refractivity contribution is 7.07. The number of carbonyl (C=O) groups excluding carboxylic acids is 1. The molecule has 1 aromatic heterocycles. The van der Waals surface area contributed by atoms with Gasteiger partial charge in [0.05, 0.1) is 0 Å². The number of aliphatic carboxylic acids is 1. The molecule has 0 aliphatic carbocycles. The van der Waals surface area contributed by atoms with E-state index in [0.29, 0.717) is 18.7 Å². The van der Waals surface area contributed by atoms with E-state index in [0.717, 1.165) is 11.1 Å². The van der Waals surface area contributed by atoms with E-state index in [1.165, 1.54) is 0 Å². The average molecular weight is 304 g/mol. The zero-order valence-electron chi connectivity index (χ0n) is 11.3. The van der Waals surface area contributed by atoms with Crippen LogP contribution in [-0.2, 0) is 17.8 Å². The molecule has 5 nitrogen and oxygen atoms in total. The molecular formula is C15H16N2O3S. The second kappa shape index (κ2) is 7.44. The molecule has 0 radical (unpaired) electrons. The third kappa shape index (κ3) is 4.92. The van der Waals surface area contributed by atoms with Crippen molar-refractivity contribution in [2.24, 2.45) is 0 Å². The Bertz CT molecular complexity index is 611. The Morgan fingerprint density at radius 2 is 2.00 bits per heavy atom. The number of urea groups is 1. The number of carbonyl (C=O) groups is 2. The molecule has 0 atom stereocenters. The number of hydrogen-bond acceptors (Lipinski definition) is 3. The maximum Gasteiger partial charge on any atom is 0.319 e. The normalized spacial score (nSPS) is 10.1. The summed E-state index contributed by atoms with van der Waals surface area (Å²) in [5, 5.41) is 18.2. The maximum absolute atomic E-state index is 11.9. The Kier molecular flexibility index (Phi) is 5.34. The van der Waals surface area contributed by atoms with Crippen LogP contribution in [0.1, 0.15) is 17.5 Å². The fraction of sp³-hybridized carbons (Fsp3) is 0.200. The zero-order chi connectivity index (χ0) is 15.1. The lowest BCUT2D eigenvalue weighted by Crippen LogP contribution is -2.28. The fourth-order valence-corrected chi connectivity index (χ4v) is 2.51. The van der Waals surface area contributed by atoms with Crippen LogP contribution in [0.15, 0.2) is 41.1 Å². The van der Waals surface area contributed by atoms with Crippen molar-refractivity contribution in [2.45, 2.75) is 19.4 Å². The van der Waals surface area contributed by atoms with Gasteiger partial charge in [0.25, 0.3) is 0 Å². The van der Waals surface area contributed by atoms with Crippen molar-refractivity contribution < 1.29 is 14.7 Å². The van der Waals surface area contributed by atoms with Gasteiger partial charge in [-0.15, -0.1) is 0 Å². The number of amides is 2. The molecule has 1 heterocycles. The topological polar surface area (TPSA) is 78.4 Å². The fourth-order valence-electron chi connectivity index (χ4n) is 1.84. The highest BCUT2D eigenvalue weighted by Gasteiger charge is 2.07. The van der Waals surface area contributed by atoms with E-state index >= 15 is 0 Å². The molecule has 0 fully saturated rings. The lowest BCUT2D eigenvalue weighted by Gasteiger charge is -2.11. The van der Waals surface area contributed by atoms with Gasteiger partial charge >= 0.3 is 12.0 Å². The van der Waals surface area contributed by atoms with Crippen LogP contribution in [0.4, 0.5) is 10.5 Å². The van der Waals surface area contributed by atoms with Gasteiger partial charge in [-0.25, -0.2) is 4.79 Å². The molecule has 3 N–H and O–H groups in total. The minimum Gasteiger partial charge on any atom is -0.481 e. The smallest absolute Gasteiger partial charge is 0.319 e.